The normalized spacial score (nSPS) is 14.1. The number of rotatable bonds is 4. The quantitative estimate of drug-likeness (QED) is 0.914. The van der Waals surface area contributed by atoms with E-state index in [1.165, 1.54) is 0 Å². The largest absolute Gasteiger partial charge is 0.302 e. The molecule has 111 valence electrons. The Morgan fingerprint density at radius 1 is 1.10 bits per heavy atom. The molecule has 0 saturated heterocycles. The standard InChI is InChI=1S/C17H27N2O/c1-16(2,3)15(20)14(19-17(4,5)6)11-12-7-9-13(18)10-8-12/h7-10,14,18-19H,11H2,1-6H3. The number of benzene rings is 1. The molecule has 0 aliphatic heterocycles. The van der Waals surface area contributed by atoms with Crippen LogP contribution in [0.3, 0.4) is 0 Å². The van der Waals surface area contributed by atoms with Crippen LogP contribution in [0.4, 0.5) is 5.69 Å². The third kappa shape index (κ3) is 5.33. The first kappa shape index (κ1) is 16.7. The Morgan fingerprint density at radius 2 is 1.60 bits per heavy atom. The van der Waals surface area contributed by atoms with Crippen LogP contribution in [-0.2, 0) is 11.2 Å². The van der Waals surface area contributed by atoms with E-state index in [9.17, 15) is 4.79 Å². The van der Waals surface area contributed by atoms with Crippen LogP contribution in [0.5, 0.6) is 0 Å². The molecule has 1 atom stereocenters. The molecular weight excluding hydrogens is 248 g/mol. The van der Waals surface area contributed by atoms with Crippen molar-refractivity contribution in [3.8, 4) is 0 Å². The fourth-order valence-electron chi connectivity index (χ4n) is 2.13. The van der Waals surface area contributed by atoms with Gasteiger partial charge in [0, 0.05) is 11.0 Å². The Labute approximate surface area is 122 Å². The van der Waals surface area contributed by atoms with Gasteiger partial charge in [0.25, 0.3) is 0 Å². The van der Waals surface area contributed by atoms with Gasteiger partial charge in [-0.25, -0.2) is 0 Å². The zero-order valence-corrected chi connectivity index (χ0v) is 13.5. The molecule has 3 heteroatoms. The second kappa shape index (κ2) is 5.96. The minimum absolute atomic E-state index is 0.110. The maximum absolute atomic E-state index is 12.6. The highest BCUT2D eigenvalue weighted by Gasteiger charge is 2.31. The second-order valence-corrected chi connectivity index (χ2v) is 7.46. The van der Waals surface area contributed by atoms with Gasteiger partial charge in [0.15, 0.2) is 5.78 Å². The average Bonchev–Trinajstić information content (AvgIpc) is 2.27. The van der Waals surface area contributed by atoms with Gasteiger partial charge < -0.3 is 11.1 Å². The Balaban J connectivity index is 2.93. The van der Waals surface area contributed by atoms with Gasteiger partial charge in [-0.1, -0.05) is 32.9 Å². The molecular formula is C17H27N2O. The number of carbonyl (C=O) groups is 1. The molecule has 0 fully saturated rings. The minimum atomic E-state index is -0.363. The zero-order valence-electron chi connectivity index (χ0n) is 13.5. The number of hydrogen-bond acceptors (Lipinski definition) is 2. The van der Waals surface area contributed by atoms with Gasteiger partial charge in [-0.3, -0.25) is 4.79 Å². The average molecular weight is 275 g/mol. The van der Waals surface area contributed by atoms with Crippen molar-refractivity contribution < 1.29 is 4.79 Å². The summed E-state index contributed by atoms with van der Waals surface area (Å²) in [7, 11) is 0. The summed E-state index contributed by atoms with van der Waals surface area (Å²) >= 11 is 0. The van der Waals surface area contributed by atoms with Crippen LogP contribution in [0.2, 0.25) is 0 Å². The van der Waals surface area contributed by atoms with Crippen LogP contribution in [0.1, 0.15) is 47.1 Å². The fraction of sp³-hybridized carbons (Fsp3) is 0.588. The molecule has 0 aliphatic carbocycles. The summed E-state index contributed by atoms with van der Waals surface area (Å²) in [5, 5.41) is 3.43. The second-order valence-electron chi connectivity index (χ2n) is 7.46. The van der Waals surface area contributed by atoms with Gasteiger partial charge in [0.1, 0.15) is 0 Å². The molecule has 0 saturated carbocycles. The zero-order chi connectivity index (χ0) is 15.6. The van der Waals surface area contributed by atoms with Crippen LogP contribution < -0.4 is 11.1 Å². The molecule has 1 rings (SSSR count). The van der Waals surface area contributed by atoms with E-state index >= 15 is 0 Å². The van der Waals surface area contributed by atoms with Crippen LogP contribution in [0, 0.1) is 5.41 Å². The van der Waals surface area contributed by atoms with E-state index in [1.807, 2.05) is 32.9 Å². The molecule has 1 aromatic rings. The molecule has 3 nitrogen and oxygen atoms in total. The lowest BCUT2D eigenvalue weighted by Crippen LogP contribution is -2.51. The Kier molecular flexibility index (Phi) is 4.98. The Morgan fingerprint density at radius 3 is 2.00 bits per heavy atom. The summed E-state index contributed by atoms with van der Waals surface area (Å²) in [5.41, 5.74) is 8.63. The number of carbonyl (C=O) groups excluding carboxylic acids is 1. The lowest BCUT2D eigenvalue weighted by atomic mass is 9.83. The number of Topliss-reactive ketones (excluding diaryl/α,β-unsaturated/α-hetero) is 1. The van der Waals surface area contributed by atoms with Crippen molar-refractivity contribution in [2.45, 2.75) is 59.5 Å². The van der Waals surface area contributed by atoms with E-state index in [-0.39, 0.29) is 22.8 Å². The van der Waals surface area contributed by atoms with E-state index in [0.29, 0.717) is 12.1 Å². The highest BCUT2D eigenvalue weighted by molar-refractivity contribution is 5.89. The van der Waals surface area contributed by atoms with Crippen molar-refractivity contribution in [1.29, 1.82) is 0 Å². The highest BCUT2D eigenvalue weighted by atomic mass is 16.1. The van der Waals surface area contributed by atoms with Gasteiger partial charge in [-0.15, -0.1) is 0 Å². The van der Waals surface area contributed by atoms with Gasteiger partial charge in [0.05, 0.1) is 11.7 Å². The summed E-state index contributed by atoms with van der Waals surface area (Å²) < 4.78 is 0. The first-order valence-electron chi connectivity index (χ1n) is 7.11. The Bertz CT molecular complexity index is 449. The van der Waals surface area contributed by atoms with Crippen LogP contribution in [0.15, 0.2) is 24.3 Å². The third-order valence-electron chi connectivity index (χ3n) is 3.06. The lowest BCUT2D eigenvalue weighted by Gasteiger charge is -2.32. The van der Waals surface area contributed by atoms with E-state index in [2.05, 4.69) is 26.1 Å². The molecule has 0 aliphatic rings. The maximum Gasteiger partial charge on any atom is 0.155 e. The number of hydrogen-bond donors (Lipinski definition) is 1. The first-order chi connectivity index (χ1) is 8.99. The molecule has 0 spiro atoms. The summed E-state index contributed by atoms with van der Waals surface area (Å²) in [6.45, 7) is 12.1. The van der Waals surface area contributed by atoms with Gasteiger partial charge in [-0.05, 0) is 44.9 Å². The summed E-state index contributed by atoms with van der Waals surface area (Å²) in [5.74, 6) is 0.224. The lowest BCUT2D eigenvalue weighted by molar-refractivity contribution is -0.128. The molecule has 0 heterocycles. The van der Waals surface area contributed by atoms with Gasteiger partial charge in [0.2, 0.25) is 0 Å². The summed E-state index contributed by atoms with van der Waals surface area (Å²) in [6, 6.07) is 7.19. The van der Waals surface area contributed by atoms with Crippen molar-refractivity contribution in [2.24, 2.45) is 5.41 Å². The maximum atomic E-state index is 12.6. The van der Waals surface area contributed by atoms with Crippen LogP contribution in [0.25, 0.3) is 0 Å². The fourth-order valence-corrected chi connectivity index (χ4v) is 2.13. The molecule has 1 unspecified atom stereocenters. The van der Waals surface area contributed by atoms with E-state index in [0.717, 1.165) is 5.56 Å². The van der Waals surface area contributed by atoms with Crippen LogP contribution in [-0.4, -0.2) is 17.4 Å². The van der Waals surface area contributed by atoms with Crippen molar-refractivity contribution in [3.63, 3.8) is 0 Å². The van der Waals surface area contributed by atoms with Crippen molar-refractivity contribution >= 4 is 11.5 Å². The highest BCUT2D eigenvalue weighted by Crippen LogP contribution is 2.21. The molecule has 0 amide bonds. The van der Waals surface area contributed by atoms with Crippen molar-refractivity contribution in [2.75, 3.05) is 0 Å². The van der Waals surface area contributed by atoms with Gasteiger partial charge >= 0.3 is 0 Å². The topological polar surface area (TPSA) is 52.9 Å². The SMILES string of the molecule is CC(C)(C)NC(Cc1ccc([NH])cc1)C(=O)C(C)(C)C. The predicted molar refractivity (Wildman–Crippen MR) is 84.0 cm³/mol. The summed E-state index contributed by atoms with van der Waals surface area (Å²) in [6.07, 6.45) is 0.660. The predicted octanol–water partition coefficient (Wildman–Crippen LogP) is 3.52. The summed E-state index contributed by atoms with van der Waals surface area (Å²) in [4.78, 5) is 12.6. The first-order valence-corrected chi connectivity index (χ1v) is 7.11. The third-order valence-corrected chi connectivity index (χ3v) is 3.06. The molecule has 2 N–H and O–H groups in total. The molecule has 0 bridgehead atoms. The molecule has 1 aromatic carbocycles. The van der Waals surface area contributed by atoms with Crippen LogP contribution >= 0.6 is 0 Å². The Hall–Kier alpha value is -1.35. The minimum Gasteiger partial charge on any atom is -0.302 e. The molecule has 20 heavy (non-hydrogen) atoms. The molecule has 1 radical (unpaired) electrons. The number of nitrogens with one attached hydrogen (secondary N) is 2. The van der Waals surface area contributed by atoms with Gasteiger partial charge in [-0.2, -0.15) is 0 Å². The smallest absolute Gasteiger partial charge is 0.155 e. The number of ketones is 1. The monoisotopic (exact) mass is 275 g/mol. The van der Waals surface area contributed by atoms with E-state index in [1.54, 1.807) is 12.1 Å². The van der Waals surface area contributed by atoms with E-state index in [4.69, 9.17) is 5.73 Å². The van der Waals surface area contributed by atoms with E-state index < -0.39 is 0 Å². The van der Waals surface area contributed by atoms with Crippen molar-refractivity contribution in [1.82, 2.24) is 11.1 Å². The molecule has 0 aromatic heterocycles. The van der Waals surface area contributed by atoms with Crippen molar-refractivity contribution in [3.05, 3.63) is 29.8 Å².